The van der Waals surface area contributed by atoms with Gasteiger partial charge in [0.15, 0.2) is 0 Å². The molecule has 0 spiro atoms. The SMILES string of the molecule is CC(NC1CCCc2c1cnn2CCO)c1ccccn1. The van der Waals surface area contributed by atoms with Crippen molar-refractivity contribution >= 4 is 0 Å². The van der Waals surface area contributed by atoms with Crippen LogP contribution in [0, 0.1) is 0 Å². The van der Waals surface area contributed by atoms with Crippen LogP contribution in [-0.2, 0) is 13.0 Å². The highest BCUT2D eigenvalue weighted by Gasteiger charge is 2.25. The lowest BCUT2D eigenvalue weighted by Crippen LogP contribution is -2.28. The van der Waals surface area contributed by atoms with Crippen molar-refractivity contribution in [2.45, 2.75) is 44.8 Å². The predicted octanol–water partition coefficient (Wildman–Crippen LogP) is 2.00. The Balaban J connectivity index is 1.76. The second-order valence-corrected chi connectivity index (χ2v) is 5.58. The molecule has 1 aliphatic carbocycles. The summed E-state index contributed by atoms with van der Waals surface area (Å²) < 4.78 is 1.94. The molecular formula is C16H22N4O. The normalized spacial score (nSPS) is 19.2. The monoisotopic (exact) mass is 286 g/mol. The number of aromatic nitrogens is 3. The standard InChI is InChI=1S/C16H22N4O/c1-12(14-5-2-3-8-17-14)19-15-6-4-7-16-13(15)11-18-20(16)9-10-21/h2-3,5,8,11-12,15,19,21H,4,6-7,9-10H2,1H3. The van der Waals surface area contributed by atoms with E-state index in [0.29, 0.717) is 12.6 Å². The van der Waals surface area contributed by atoms with Gasteiger partial charge < -0.3 is 10.4 Å². The summed E-state index contributed by atoms with van der Waals surface area (Å²) in [6.07, 6.45) is 7.10. The zero-order chi connectivity index (χ0) is 14.7. The van der Waals surface area contributed by atoms with Crippen LogP contribution in [0.5, 0.6) is 0 Å². The lowest BCUT2D eigenvalue weighted by atomic mass is 9.92. The summed E-state index contributed by atoms with van der Waals surface area (Å²) in [6, 6.07) is 6.54. The molecule has 0 saturated carbocycles. The number of rotatable bonds is 5. The molecule has 0 aromatic carbocycles. The van der Waals surface area contributed by atoms with Gasteiger partial charge in [-0.1, -0.05) is 6.07 Å². The summed E-state index contributed by atoms with van der Waals surface area (Å²) in [5.41, 5.74) is 3.60. The molecule has 0 aliphatic heterocycles. The molecule has 112 valence electrons. The third-order valence-electron chi connectivity index (χ3n) is 4.16. The molecule has 2 aromatic rings. The molecule has 0 radical (unpaired) electrons. The Morgan fingerprint density at radius 3 is 3.14 bits per heavy atom. The van der Waals surface area contributed by atoms with E-state index in [4.69, 9.17) is 5.11 Å². The van der Waals surface area contributed by atoms with Crippen molar-refractivity contribution in [2.75, 3.05) is 6.61 Å². The van der Waals surface area contributed by atoms with Gasteiger partial charge in [0.25, 0.3) is 0 Å². The van der Waals surface area contributed by atoms with Gasteiger partial charge in [0.2, 0.25) is 0 Å². The molecule has 2 N–H and O–H groups in total. The van der Waals surface area contributed by atoms with E-state index in [2.05, 4.69) is 28.4 Å². The number of nitrogens with one attached hydrogen (secondary N) is 1. The summed E-state index contributed by atoms with van der Waals surface area (Å²) >= 11 is 0. The van der Waals surface area contributed by atoms with E-state index >= 15 is 0 Å². The summed E-state index contributed by atoms with van der Waals surface area (Å²) in [5, 5.41) is 17.2. The van der Waals surface area contributed by atoms with Crippen molar-refractivity contribution in [3.8, 4) is 0 Å². The van der Waals surface area contributed by atoms with Crippen molar-refractivity contribution in [1.82, 2.24) is 20.1 Å². The fourth-order valence-electron chi connectivity index (χ4n) is 3.10. The van der Waals surface area contributed by atoms with E-state index in [1.165, 1.54) is 11.3 Å². The maximum Gasteiger partial charge on any atom is 0.0644 e. The van der Waals surface area contributed by atoms with Gasteiger partial charge in [-0.05, 0) is 38.3 Å². The molecule has 0 bridgehead atoms. The van der Waals surface area contributed by atoms with E-state index in [0.717, 1.165) is 25.0 Å². The van der Waals surface area contributed by atoms with Crippen LogP contribution >= 0.6 is 0 Å². The van der Waals surface area contributed by atoms with Crippen LogP contribution in [0.1, 0.15) is 48.8 Å². The van der Waals surface area contributed by atoms with Crippen LogP contribution in [0.4, 0.5) is 0 Å². The molecule has 0 amide bonds. The van der Waals surface area contributed by atoms with Crippen molar-refractivity contribution in [3.63, 3.8) is 0 Å². The summed E-state index contributed by atoms with van der Waals surface area (Å²) in [6.45, 7) is 2.86. The number of aliphatic hydroxyl groups excluding tert-OH is 1. The molecule has 5 nitrogen and oxygen atoms in total. The molecule has 0 fully saturated rings. The quantitative estimate of drug-likeness (QED) is 0.882. The Morgan fingerprint density at radius 2 is 2.38 bits per heavy atom. The topological polar surface area (TPSA) is 63.0 Å². The Kier molecular flexibility index (Phi) is 4.31. The minimum atomic E-state index is 0.135. The van der Waals surface area contributed by atoms with Gasteiger partial charge in [0, 0.05) is 29.5 Å². The molecule has 3 rings (SSSR count). The first-order chi connectivity index (χ1) is 10.3. The van der Waals surface area contributed by atoms with Gasteiger partial charge in [-0.3, -0.25) is 9.67 Å². The number of hydrogen-bond acceptors (Lipinski definition) is 4. The van der Waals surface area contributed by atoms with Gasteiger partial charge in [-0.15, -0.1) is 0 Å². The van der Waals surface area contributed by atoms with Gasteiger partial charge in [-0.25, -0.2) is 0 Å². The van der Waals surface area contributed by atoms with Crippen LogP contribution in [-0.4, -0.2) is 26.5 Å². The zero-order valence-corrected chi connectivity index (χ0v) is 12.4. The van der Waals surface area contributed by atoms with Gasteiger partial charge in [0.05, 0.1) is 25.0 Å². The zero-order valence-electron chi connectivity index (χ0n) is 12.4. The van der Waals surface area contributed by atoms with E-state index in [1.807, 2.05) is 29.2 Å². The van der Waals surface area contributed by atoms with E-state index < -0.39 is 0 Å². The van der Waals surface area contributed by atoms with Gasteiger partial charge >= 0.3 is 0 Å². The van der Waals surface area contributed by atoms with Gasteiger partial charge in [-0.2, -0.15) is 5.10 Å². The maximum atomic E-state index is 9.11. The fourth-order valence-corrected chi connectivity index (χ4v) is 3.10. The molecule has 2 heterocycles. The predicted molar refractivity (Wildman–Crippen MR) is 80.8 cm³/mol. The summed E-state index contributed by atoms with van der Waals surface area (Å²) in [7, 11) is 0. The highest BCUT2D eigenvalue weighted by Crippen LogP contribution is 2.31. The highest BCUT2D eigenvalue weighted by molar-refractivity contribution is 5.25. The summed E-state index contributed by atoms with van der Waals surface area (Å²) in [4.78, 5) is 4.42. The Morgan fingerprint density at radius 1 is 1.48 bits per heavy atom. The number of nitrogens with zero attached hydrogens (tertiary/aromatic N) is 3. The second-order valence-electron chi connectivity index (χ2n) is 5.58. The number of hydrogen-bond donors (Lipinski definition) is 2. The lowest BCUT2D eigenvalue weighted by molar-refractivity contribution is 0.266. The van der Waals surface area contributed by atoms with Gasteiger partial charge in [0.1, 0.15) is 0 Å². The number of fused-ring (bicyclic) bond motifs is 1. The number of pyridine rings is 1. The largest absolute Gasteiger partial charge is 0.394 e. The Bertz CT molecular complexity index is 581. The molecular weight excluding hydrogens is 264 g/mol. The summed E-state index contributed by atoms with van der Waals surface area (Å²) in [5.74, 6) is 0. The lowest BCUT2D eigenvalue weighted by Gasteiger charge is -2.27. The van der Waals surface area contributed by atoms with Crippen molar-refractivity contribution < 1.29 is 5.11 Å². The maximum absolute atomic E-state index is 9.11. The third kappa shape index (κ3) is 2.99. The highest BCUT2D eigenvalue weighted by atomic mass is 16.3. The van der Waals surface area contributed by atoms with Crippen molar-refractivity contribution in [1.29, 1.82) is 0 Å². The molecule has 2 atom stereocenters. The second kappa shape index (κ2) is 6.37. The smallest absolute Gasteiger partial charge is 0.0644 e. The van der Waals surface area contributed by atoms with Crippen LogP contribution in [0.15, 0.2) is 30.6 Å². The molecule has 21 heavy (non-hydrogen) atoms. The van der Waals surface area contributed by atoms with Crippen LogP contribution in [0.25, 0.3) is 0 Å². The minimum absolute atomic E-state index is 0.135. The van der Waals surface area contributed by atoms with Crippen molar-refractivity contribution in [3.05, 3.63) is 47.5 Å². The molecule has 0 saturated heterocycles. The third-order valence-corrected chi connectivity index (χ3v) is 4.16. The fraction of sp³-hybridized carbons (Fsp3) is 0.500. The Hall–Kier alpha value is -1.72. The first-order valence-corrected chi connectivity index (χ1v) is 7.62. The van der Waals surface area contributed by atoms with Crippen LogP contribution < -0.4 is 5.32 Å². The van der Waals surface area contributed by atoms with Crippen LogP contribution in [0.3, 0.4) is 0 Å². The van der Waals surface area contributed by atoms with Crippen LogP contribution in [0.2, 0.25) is 0 Å². The first kappa shape index (κ1) is 14.2. The van der Waals surface area contributed by atoms with E-state index in [1.54, 1.807) is 0 Å². The molecule has 5 heteroatoms. The molecule has 2 aromatic heterocycles. The Labute approximate surface area is 125 Å². The average Bonchev–Trinajstić information content (AvgIpc) is 2.93. The van der Waals surface area contributed by atoms with Crippen molar-refractivity contribution in [2.24, 2.45) is 0 Å². The average molecular weight is 286 g/mol. The van der Waals surface area contributed by atoms with E-state index in [-0.39, 0.29) is 12.6 Å². The first-order valence-electron chi connectivity index (χ1n) is 7.62. The molecule has 2 unspecified atom stereocenters. The number of aliphatic hydroxyl groups is 1. The van der Waals surface area contributed by atoms with E-state index in [9.17, 15) is 0 Å². The minimum Gasteiger partial charge on any atom is -0.394 e. The molecule has 1 aliphatic rings.